The van der Waals surface area contributed by atoms with Crippen LogP contribution in [0, 0.1) is 5.82 Å². The Hall–Kier alpha value is -2.30. The Kier molecular flexibility index (Phi) is 6.99. The van der Waals surface area contributed by atoms with Crippen LogP contribution in [0.1, 0.15) is 12.0 Å². The highest BCUT2D eigenvalue weighted by Gasteiger charge is 2.31. The van der Waals surface area contributed by atoms with E-state index in [1.54, 1.807) is 11.3 Å². The van der Waals surface area contributed by atoms with Crippen molar-refractivity contribution in [3.63, 3.8) is 0 Å². The van der Waals surface area contributed by atoms with E-state index in [4.69, 9.17) is 4.74 Å². The molecule has 1 aromatic carbocycles. The van der Waals surface area contributed by atoms with Gasteiger partial charge in [0.1, 0.15) is 10.7 Å². The predicted molar refractivity (Wildman–Crippen MR) is 105 cm³/mol. The first-order chi connectivity index (χ1) is 13.9. The summed E-state index contributed by atoms with van der Waals surface area (Å²) in [6.07, 6.45) is 0.752. The van der Waals surface area contributed by atoms with Crippen LogP contribution in [0.15, 0.2) is 46.0 Å². The summed E-state index contributed by atoms with van der Waals surface area (Å²) in [6, 6.07) is 7.13. The number of nitrogens with zero attached hydrogens (tertiary/aromatic N) is 2. The third kappa shape index (κ3) is 5.40. The van der Waals surface area contributed by atoms with Gasteiger partial charge in [0.2, 0.25) is 10.0 Å². The Morgan fingerprint density at radius 1 is 1.10 bits per heavy atom. The molecule has 156 valence electrons. The molecular weight excluding hydrogens is 419 g/mol. The molecule has 0 N–H and O–H groups in total. The third-order valence-corrected chi connectivity index (χ3v) is 7.26. The van der Waals surface area contributed by atoms with E-state index in [0.717, 1.165) is 15.9 Å². The lowest BCUT2D eigenvalue weighted by atomic mass is 10.2. The molecule has 2 heterocycles. The fraction of sp³-hybridized carbons (Fsp3) is 0.368. The Balaban J connectivity index is 1.45. The number of rotatable bonds is 7. The van der Waals surface area contributed by atoms with Gasteiger partial charge in [-0.15, -0.1) is 0 Å². The van der Waals surface area contributed by atoms with Gasteiger partial charge < -0.3 is 9.64 Å². The lowest BCUT2D eigenvalue weighted by molar-refractivity contribution is -0.152. The molecule has 1 fully saturated rings. The zero-order valence-electron chi connectivity index (χ0n) is 15.6. The van der Waals surface area contributed by atoms with Gasteiger partial charge in [-0.1, -0.05) is 12.1 Å². The average molecular weight is 441 g/mol. The molecule has 3 rings (SSSR count). The minimum Gasteiger partial charge on any atom is -0.456 e. The molecule has 10 heteroatoms. The van der Waals surface area contributed by atoms with Crippen LogP contribution in [-0.4, -0.2) is 62.3 Å². The van der Waals surface area contributed by atoms with E-state index in [0.29, 0.717) is 6.42 Å². The summed E-state index contributed by atoms with van der Waals surface area (Å²) >= 11 is 1.55. The Bertz CT molecular complexity index is 955. The molecule has 1 saturated heterocycles. The van der Waals surface area contributed by atoms with Crippen LogP contribution in [0.3, 0.4) is 0 Å². The molecule has 0 radical (unpaired) electrons. The van der Waals surface area contributed by atoms with E-state index >= 15 is 0 Å². The van der Waals surface area contributed by atoms with Gasteiger partial charge in [0, 0.05) is 32.6 Å². The third-order valence-electron chi connectivity index (χ3n) is 4.60. The number of sulfonamides is 1. The number of amides is 1. The maximum atomic E-state index is 13.9. The molecule has 1 aromatic heterocycles. The smallest absolute Gasteiger partial charge is 0.306 e. The van der Waals surface area contributed by atoms with Crippen molar-refractivity contribution in [2.24, 2.45) is 0 Å². The van der Waals surface area contributed by atoms with E-state index in [1.807, 2.05) is 16.8 Å². The van der Waals surface area contributed by atoms with E-state index in [-0.39, 0.29) is 50.0 Å². The van der Waals surface area contributed by atoms with Crippen LogP contribution >= 0.6 is 11.3 Å². The zero-order chi connectivity index (χ0) is 20.9. The summed E-state index contributed by atoms with van der Waals surface area (Å²) in [5.74, 6) is -1.64. The summed E-state index contributed by atoms with van der Waals surface area (Å²) in [7, 11) is -3.96. The molecule has 0 aliphatic carbocycles. The SMILES string of the molecule is O=C(CCc1ccsc1)OCC(=O)N1CCN(S(=O)(=O)c2ccccc2F)CC1. The number of hydrogen-bond acceptors (Lipinski definition) is 6. The van der Waals surface area contributed by atoms with Crippen molar-refractivity contribution in [1.29, 1.82) is 0 Å². The van der Waals surface area contributed by atoms with Gasteiger partial charge in [0.25, 0.3) is 5.91 Å². The van der Waals surface area contributed by atoms with E-state index in [9.17, 15) is 22.4 Å². The second kappa shape index (κ2) is 9.47. The number of carbonyl (C=O) groups excluding carboxylic acids is 2. The molecule has 0 atom stereocenters. The topological polar surface area (TPSA) is 84.0 Å². The molecule has 0 saturated carbocycles. The summed E-state index contributed by atoms with van der Waals surface area (Å²) < 4.78 is 45.2. The van der Waals surface area contributed by atoms with Crippen molar-refractivity contribution in [3.8, 4) is 0 Å². The minimum atomic E-state index is -3.96. The highest BCUT2D eigenvalue weighted by molar-refractivity contribution is 7.89. The fourth-order valence-electron chi connectivity index (χ4n) is 2.96. The highest BCUT2D eigenvalue weighted by Crippen LogP contribution is 2.20. The number of hydrogen-bond donors (Lipinski definition) is 0. The van der Waals surface area contributed by atoms with Crippen LogP contribution in [0.25, 0.3) is 0 Å². The number of esters is 1. The van der Waals surface area contributed by atoms with E-state index < -0.39 is 21.8 Å². The van der Waals surface area contributed by atoms with Gasteiger partial charge in [-0.2, -0.15) is 15.6 Å². The van der Waals surface area contributed by atoms with Gasteiger partial charge >= 0.3 is 5.97 Å². The maximum absolute atomic E-state index is 13.9. The van der Waals surface area contributed by atoms with E-state index in [2.05, 4.69) is 0 Å². The number of benzene rings is 1. The Morgan fingerprint density at radius 2 is 1.83 bits per heavy atom. The van der Waals surface area contributed by atoms with Gasteiger partial charge in [-0.05, 0) is 40.9 Å². The molecule has 1 amide bonds. The number of piperazine rings is 1. The summed E-state index contributed by atoms with van der Waals surface area (Å²) in [4.78, 5) is 25.1. The van der Waals surface area contributed by atoms with Crippen LogP contribution in [0.5, 0.6) is 0 Å². The highest BCUT2D eigenvalue weighted by atomic mass is 32.2. The molecule has 0 bridgehead atoms. The number of carbonyl (C=O) groups is 2. The fourth-order valence-corrected chi connectivity index (χ4v) is 5.15. The van der Waals surface area contributed by atoms with Crippen molar-refractivity contribution in [2.45, 2.75) is 17.7 Å². The summed E-state index contributed by atoms with van der Waals surface area (Å²) in [5, 5.41) is 3.88. The largest absolute Gasteiger partial charge is 0.456 e. The monoisotopic (exact) mass is 440 g/mol. The quantitative estimate of drug-likeness (QED) is 0.614. The summed E-state index contributed by atoms with van der Waals surface area (Å²) in [6.45, 7) is 0.0312. The van der Waals surface area contributed by atoms with Gasteiger partial charge in [-0.3, -0.25) is 9.59 Å². The van der Waals surface area contributed by atoms with Crippen LogP contribution in [0.2, 0.25) is 0 Å². The van der Waals surface area contributed by atoms with Gasteiger partial charge in [0.15, 0.2) is 6.61 Å². The minimum absolute atomic E-state index is 0.0501. The van der Waals surface area contributed by atoms with Crippen molar-refractivity contribution >= 4 is 33.2 Å². The number of halogens is 1. The van der Waals surface area contributed by atoms with Crippen LogP contribution < -0.4 is 0 Å². The normalized spacial score (nSPS) is 15.3. The number of ether oxygens (including phenoxy) is 1. The molecule has 0 spiro atoms. The van der Waals surface area contributed by atoms with Crippen molar-refractivity contribution in [2.75, 3.05) is 32.8 Å². The van der Waals surface area contributed by atoms with Crippen molar-refractivity contribution < 1.29 is 27.1 Å². The van der Waals surface area contributed by atoms with Crippen molar-refractivity contribution in [1.82, 2.24) is 9.21 Å². The first-order valence-corrected chi connectivity index (χ1v) is 11.5. The number of aryl methyl sites for hydroxylation is 1. The lowest BCUT2D eigenvalue weighted by Gasteiger charge is -2.33. The average Bonchev–Trinajstić information content (AvgIpc) is 3.24. The second-order valence-corrected chi connectivity index (χ2v) is 9.19. The van der Waals surface area contributed by atoms with Gasteiger partial charge in [-0.25, -0.2) is 12.8 Å². The maximum Gasteiger partial charge on any atom is 0.306 e. The zero-order valence-corrected chi connectivity index (χ0v) is 17.3. The van der Waals surface area contributed by atoms with Crippen LogP contribution in [0.4, 0.5) is 4.39 Å². The standard InChI is InChI=1S/C19H21FN2O5S2/c20-16-3-1-2-4-17(16)29(25,26)22-10-8-21(9-11-22)18(23)13-27-19(24)6-5-15-7-12-28-14-15/h1-4,7,12,14H,5-6,8-11,13H2. The molecule has 0 unspecified atom stereocenters. The lowest BCUT2D eigenvalue weighted by Crippen LogP contribution is -2.51. The molecule has 7 nitrogen and oxygen atoms in total. The first kappa shape index (κ1) is 21.4. The van der Waals surface area contributed by atoms with Gasteiger partial charge in [0.05, 0.1) is 0 Å². The molecule has 29 heavy (non-hydrogen) atoms. The number of thiophene rings is 1. The molecule has 2 aromatic rings. The summed E-state index contributed by atoms with van der Waals surface area (Å²) in [5.41, 5.74) is 1.05. The first-order valence-electron chi connectivity index (χ1n) is 9.07. The Labute approximate surface area is 172 Å². The Morgan fingerprint density at radius 3 is 2.48 bits per heavy atom. The van der Waals surface area contributed by atoms with Crippen molar-refractivity contribution in [3.05, 3.63) is 52.5 Å². The molecular formula is C19H21FN2O5S2. The molecule has 1 aliphatic heterocycles. The van der Waals surface area contributed by atoms with E-state index in [1.165, 1.54) is 23.1 Å². The second-order valence-electron chi connectivity index (χ2n) is 6.51. The predicted octanol–water partition coefficient (Wildman–Crippen LogP) is 1.90. The van der Waals surface area contributed by atoms with Crippen LogP contribution in [-0.2, 0) is 30.8 Å². The molecule has 1 aliphatic rings.